The van der Waals surface area contributed by atoms with Gasteiger partial charge < -0.3 is 19.3 Å². The molecule has 3 heterocycles. The molecule has 2 aliphatic rings. The van der Waals surface area contributed by atoms with Gasteiger partial charge in [-0.3, -0.25) is 0 Å². The fraction of sp³-hybridized carbons (Fsp3) is 0.500. The normalized spacial score (nSPS) is 19.8. The maximum atomic E-state index is 12.3. The minimum Gasteiger partial charge on any atom is -0.444 e. The molecule has 1 atom stereocenters. The standard InChI is InChI=1S/C24H30N4O4S/c1-24(2,3)31-23(29)28-12-10-17(11-13-28)22-25-19(15-33-22)18-14-20(32-26-18)21(27-30-4)16-8-6-5-7-9-16/h5-9,15,17,20H,10-14H2,1-4H3/b27-21+. The molecule has 1 saturated heterocycles. The van der Waals surface area contributed by atoms with Crippen LogP contribution in [0.4, 0.5) is 4.79 Å². The van der Waals surface area contributed by atoms with Crippen LogP contribution >= 0.6 is 11.3 Å². The average Bonchev–Trinajstić information content (AvgIpc) is 3.47. The average molecular weight is 471 g/mol. The first kappa shape index (κ1) is 23.2. The van der Waals surface area contributed by atoms with Crippen molar-refractivity contribution in [2.45, 2.75) is 57.7 Å². The Morgan fingerprint density at radius 3 is 2.61 bits per heavy atom. The van der Waals surface area contributed by atoms with E-state index < -0.39 is 5.60 Å². The zero-order valence-corrected chi connectivity index (χ0v) is 20.3. The Morgan fingerprint density at radius 1 is 1.21 bits per heavy atom. The van der Waals surface area contributed by atoms with Crippen LogP contribution in [-0.4, -0.2) is 59.3 Å². The number of nitrogens with zero attached hydrogens (tertiary/aromatic N) is 4. The molecule has 1 fully saturated rings. The second-order valence-electron chi connectivity index (χ2n) is 9.17. The van der Waals surface area contributed by atoms with E-state index in [0.29, 0.717) is 31.1 Å². The second kappa shape index (κ2) is 9.91. The smallest absolute Gasteiger partial charge is 0.410 e. The van der Waals surface area contributed by atoms with Gasteiger partial charge in [-0.05, 0) is 33.6 Å². The number of thiazole rings is 1. The van der Waals surface area contributed by atoms with Crippen LogP contribution in [0.2, 0.25) is 0 Å². The lowest BCUT2D eigenvalue weighted by molar-refractivity contribution is 0.0205. The van der Waals surface area contributed by atoms with Crippen molar-refractivity contribution in [2.75, 3.05) is 20.2 Å². The first-order chi connectivity index (χ1) is 15.8. The molecule has 2 aromatic rings. The molecule has 0 aliphatic carbocycles. The number of hydrogen-bond donors (Lipinski definition) is 0. The summed E-state index contributed by atoms with van der Waals surface area (Å²) in [5.74, 6) is 0.330. The Bertz CT molecular complexity index is 1020. The predicted molar refractivity (Wildman–Crippen MR) is 128 cm³/mol. The van der Waals surface area contributed by atoms with E-state index in [0.717, 1.165) is 34.8 Å². The van der Waals surface area contributed by atoms with Gasteiger partial charge in [-0.1, -0.05) is 40.6 Å². The Labute approximate surface area is 198 Å². The first-order valence-electron chi connectivity index (χ1n) is 11.2. The van der Waals surface area contributed by atoms with Crippen LogP contribution in [0.25, 0.3) is 0 Å². The van der Waals surface area contributed by atoms with Gasteiger partial charge in [0.1, 0.15) is 24.1 Å². The lowest BCUT2D eigenvalue weighted by atomic mass is 9.97. The van der Waals surface area contributed by atoms with E-state index in [1.54, 1.807) is 16.2 Å². The summed E-state index contributed by atoms with van der Waals surface area (Å²) in [5.41, 5.74) is 2.83. The van der Waals surface area contributed by atoms with Gasteiger partial charge in [-0.2, -0.15) is 0 Å². The van der Waals surface area contributed by atoms with E-state index in [2.05, 4.69) is 10.3 Å². The molecule has 0 N–H and O–H groups in total. The largest absolute Gasteiger partial charge is 0.444 e. The van der Waals surface area contributed by atoms with E-state index in [9.17, 15) is 4.79 Å². The van der Waals surface area contributed by atoms with Gasteiger partial charge in [0.05, 0.1) is 10.7 Å². The van der Waals surface area contributed by atoms with Crippen LogP contribution in [0.15, 0.2) is 46.0 Å². The number of carbonyl (C=O) groups excluding carboxylic acids is 1. The number of piperidine rings is 1. The molecule has 0 spiro atoms. The van der Waals surface area contributed by atoms with Crippen LogP contribution in [0, 0.1) is 0 Å². The Balaban J connectivity index is 1.36. The van der Waals surface area contributed by atoms with Gasteiger partial charge in [0, 0.05) is 36.4 Å². The number of oxime groups is 2. The zero-order chi connectivity index (χ0) is 23.4. The van der Waals surface area contributed by atoms with Crippen molar-refractivity contribution in [1.29, 1.82) is 0 Å². The van der Waals surface area contributed by atoms with Crippen molar-refractivity contribution in [3.63, 3.8) is 0 Å². The number of benzene rings is 1. The number of hydrogen-bond acceptors (Lipinski definition) is 8. The summed E-state index contributed by atoms with van der Waals surface area (Å²) in [4.78, 5) is 29.7. The third kappa shape index (κ3) is 5.71. The molecule has 1 unspecified atom stereocenters. The molecule has 0 bridgehead atoms. The fourth-order valence-electron chi connectivity index (χ4n) is 3.92. The summed E-state index contributed by atoms with van der Waals surface area (Å²) in [7, 11) is 1.53. The number of ether oxygens (including phenoxy) is 1. The van der Waals surface area contributed by atoms with Gasteiger partial charge >= 0.3 is 6.09 Å². The molecule has 33 heavy (non-hydrogen) atoms. The summed E-state index contributed by atoms with van der Waals surface area (Å²) in [6, 6.07) is 9.82. The molecule has 2 aliphatic heterocycles. The highest BCUT2D eigenvalue weighted by atomic mass is 32.1. The first-order valence-corrected chi connectivity index (χ1v) is 12.0. The quantitative estimate of drug-likeness (QED) is 0.463. The van der Waals surface area contributed by atoms with Crippen molar-refractivity contribution in [2.24, 2.45) is 10.3 Å². The maximum Gasteiger partial charge on any atom is 0.410 e. The number of amides is 1. The predicted octanol–water partition coefficient (Wildman–Crippen LogP) is 4.80. The van der Waals surface area contributed by atoms with Crippen molar-refractivity contribution < 1.29 is 19.2 Å². The number of rotatable bonds is 5. The fourth-order valence-corrected chi connectivity index (χ4v) is 4.92. The minimum absolute atomic E-state index is 0.240. The molecule has 1 aromatic heterocycles. The number of carbonyl (C=O) groups is 1. The lowest BCUT2D eigenvalue weighted by Gasteiger charge is -2.32. The minimum atomic E-state index is -0.478. The summed E-state index contributed by atoms with van der Waals surface area (Å²) in [5, 5.41) is 11.6. The van der Waals surface area contributed by atoms with Gasteiger partial charge in [-0.15, -0.1) is 11.3 Å². The highest BCUT2D eigenvalue weighted by Crippen LogP contribution is 2.32. The molecule has 9 heteroatoms. The van der Waals surface area contributed by atoms with E-state index in [1.807, 2.05) is 56.5 Å². The zero-order valence-electron chi connectivity index (χ0n) is 19.5. The Morgan fingerprint density at radius 2 is 1.94 bits per heavy atom. The molecular formula is C24H30N4O4S. The van der Waals surface area contributed by atoms with Crippen LogP contribution in [0.5, 0.6) is 0 Å². The molecular weight excluding hydrogens is 440 g/mol. The van der Waals surface area contributed by atoms with Gasteiger partial charge in [0.15, 0.2) is 6.10 Å². The molecule has 0 saturated carbocycles. The molecule has 1 amide bonds. The van der Waals surface area contributed by atoms with Crippen molar-refractivity contribution in [1.82, 2.24) is 9.88 Å². The van der Waals surface area contributed by atoms with Crippen LogP contribution in [0.1, 0.15) is 62.2 Å². The number of likely N-dealkylation sites (tertiary alicyclic amines) is 1. The summed E-state index contributed by atoms with van der Waals surface area (Å²) >= 11 is 1.64. The SMILES string of the molecule is CO/N=C(\c1ccccc1)C1CC(c2csc(C3CCN(C(=O)OC(C)(C)C)CC3)n2)=NO1. The number of aromatic nitrogens is 1. The highest BCUT2D eigenvalue weighted by molar-refractivity contribution is 7.10. The van der Waals surface area contributed by atoms with Crippen molar-refractivity contribution in [3.05, 3.63) is 52.0 Å². The monoisotopic (exact) mass is 470 g/mol. The van der Waals surface area contributed by atoms with Crippen LogP contribution in [0.3, 0.4) is 0 Å². The second-order valence-corrected chi connectivity index (χ2v) is 10.1. The summed E-state index contributed by atoms with van der Waals surface area (Å²) in [6.07, 6.45) is 1.77. The van der Waals surface area contributed by atoms with E-state index >= 15 is 0 Å². The van der Waals surface area contributed by atoms with Crippen LogP contribution in [-0.2, 0) is 14.4 Å². The molecule has 176 valence electrons. The summed E-state index contributed by atoms with van der Waals surface area (Å²) < 4.78 is 5.49. The van der Waals surface area contributed by atoms with Gasteiger partial charge in [0.25, 0.3) is 0 Å². The van der Waals surface area contributed by atoms with E-state index in [4.69, 9.17) is 19.4 Å². The highest BCUT2D eigenvalue weighted by Gasteiger charge is 2.32. The third-order valence-corrected chi connectivity index (χ3v) is 6.55. The molecule has 1 aromatic carbocycles. The van der Waals surface area contributed by atoms with Crippen molar-refractivity contribution in [3.8, 4) is 0 Å². The van der Waals surface area contributed by atoms with Gasteiger partial charge in [0.2, 0.25) is 0 Å². The Kier molecular flexibility index (Phi) is 6.97. The summed E-state index contributed by atoms with van der Waals surface area (Å²) in [6.45, 7) is 7.01. The van der Waals surface area contributed by atoms with Gasteiger partial charge in [-0.25, -0.2) is 9.78 Å². The maximum absolute atomic E-state index is 12.3. The third-order valence-electron chi connectivity index (χ3n) is 5.55. The van der Waals surface area contributed by atoms with Crippen LogP contribution < -0.4 is 0 Å². The van der Waals surface area contributed by atoms with Crippen molar-refractivity contribution >= 4 is 28.9 Å². The Hall–Kier alpha value is -2.94. The topological polar surface area (TPSA) is 85.6 Å². The van der Waals surface area contributed by atoms with E-state index in [-0.39, 0.29) is 12.2 Å². The lowest BCUT2D eigenvalue weighted by Crippen LogP contribution is -2.41. The molecule has 8 nitrogen and oxygen atoms in total. The molecule has 4 rings (SSSR count). The molecule has 0 radical (unpaired) electrons. The van der Waals surface area contributed by atoms with E-state index in [1.165, 1.54) is 7.11 Å².